The molecule has 1 heterocycles. The van der Waals surface area contributed by atoms with Crippen LogP contribution in [0.5, 0.6) is 0 Å². The predicted molar refractivity (Wildman–Crippen MR) is 67.7 cm³/mol. The summed E-state index contributed by atoms with van der Waals surface area (Å²) in [5.74, 6) is 0.599. The normalized spacial score (nSPS) is 12.7. The van der Waals surface area contributed by atoms with Gasteiger partial charge in [0, 0.05) is 6.20 Å². The van der Waals surface area contributed by atoms with Crippen LogP contribution in [-0.2, 0) is 19.5 Å². The van der Waals surface area contributed by atoms with Crippen LogP contribution >= 0.6 is 0 Å². The number of anilines is 1. The molecule has 0 spiro atoms. The van der Waals surface area contributed by atoms with E-state index >= 15 is 0 Å². The van der Waals surface area contributed by atoms with Crippen molar-refractivity contribution < 1.29 is 19.5 Å². The molecule has 0 bridgehead atoms. The molecule has 0 atom stereocenters. The van der Waals surface area contributed by atoms with Gasteiger partial charge in [-0.3, -0.25) is 4.85 Å². The molecule has 2 rings (SSSR count). The van der Waals surface area contributed by atoms with E-state index in [4.69, 9.17) is 13.1 Å². The maximum absolute atomic E-state index is 6.99. The Morgan fingerprint density at radius 2 is 2.06 bits per heavy atom. The smallest absolute Gasteiger partial charge is 0.363 e. The molecule has 0 fully saturated rings. The van der Waals surface area contributed by atoms with Gasteiger partial charge in [0.1, 0.15) is 6.67 Å². The quantitative estimate of drug-likeness (QED) is 0.582. The number of rotatable bonds is 1. The minimum Gasteiger partial charge on any atom is -0.363 e. The Hall–Kier alpha value is -1.84. The molecule has 18 heavy (non-hydrogen) atoms. The molecular weight excluding hydrogens is 315 g/mol. The molecule has 5 heteroatoms. The summed E-state index contributed by atoms with van der Waals surface area (Å²) >= 11 is 0. The fraction of sp³-hybridized carbons (Fsp3) is 0.154. The average molecular weight is 327 g/mol. The fourth-order valence-corrected chi connectivity index (χ4v) is 1.52. The largest absolute Gasteiger partial charge is 2.00 e. The zero-order valence-corrected chi connectivity index (χ0v) is 11.8. The standard InChI is InChI=1S/C12H9N4.CH3.Rh/c1-13-10-5-4-6-11(7-10)16-8-12(14-2)15(3)9-16;;/h4-5,7-8H,9H2,3H3;1H3;/q2*-1;+2. The average Bonchev–Trinajstić information content (AvgIpc) is 2.71. The van der Waals surface area contributed by atoms with Gasteiger partial charge in [-0.1, -0.05) is 12.3 Å². The summed E-state index contributed by atoms with van der Waals surface area (Å²) in [6.07, 6.45) is 1.77. The van der Waals surface area contributed by atoms with Crippen LogP contribution in [0.3, 0.4) is 0 Å². The van der Waals surface area contributed by atoms with E-state index in [1.165, 1.54) is 0 Å². The number of benzene rings is 1. The van der Waals surface area contributed by atoms with Crippen molar-refractivity contribution in [2.45, 2.75) is 0 Å². The van der Waals surface area contributed by atoms with Crippen LogP contribution in [0.2, 0.25) is 0 Å². The van der Waals surface area contributed by atoms with Crippen LogP contribution in [0.15, 0.2) is 30.2 Å². The Balaban J connectivity index is 0.00000144. The Kier molecular flexibility index (Phi) is 6.10. The summed E-state index contributed by atoms with van der Waals surface area (Å²) in [5.41, 5.74) is 1.40. The number of hydrogen-bond acceptors (Lipinski definition) is 2. The minimum absolute atomic E-state index is 0. The van der Waals surface area contributed by atoms with Crippen molar-refractivity contribution in [2.75, 3.05) is 18.6 Å². The molecule has 0 aliphatic carbocycles. The van der Waals surface area contributed by atoms with Gasteiger partial charge in [0.25, 0.3) is 0 Å². The van der Waals surface area contributed by atoms with E-state index in [1.54, 1.807) is 24.4 Å². The summed E-state index contributed by atoms with van der Waals surface area (Å²) in [6, 6.07) is 8.27. The fourth-order valence-electron chi connectivity index (χ4n) is 1.52. The second-order valence-corrected chi connectivity index (χ2v) is 3.45. The third-order valence-corrected chi connectivity index (χ3v) is 2.35. The van der Waals surface area contributed by atoms with Crippen LogP contribution < -0.4 is 4.90 Å². The van der Waals surface area contributed by atoms with E-state index in [-0.39, 0.29) is 26.9 Å². The van der Waals surface area contributed by atoms with Crippen molar-refractivity contribution >= 4 is 11.4 Å². The summed E-state index contributed by atoms with van der Waals surface area (Å²) in [5, 5.41) is 0. The van der Waals surface area contributed by atoms with Crippen molar-refractivity contribution in [1.29, 1.82) is 0 Å². The Morgan fingerprint density at radius 1 is 1.33 bits per heavy atom. The summed E-state index contributed by atoms with van der Waals surface area (Å²) in [4.78, 5) is 10.5. The molecule has 0 unspecified atom stereocenters. The molecule has 4 nitrogen and oxygen atoms in total. The second kappa shape index (κ2) is 6.79. The van der Waals surface area contributed by atoms with E-state index in [0.717, 1.165) is 5.69 Å². The van der Waals surface area contributed by atoms with Gasteiger partial charge in [-0.2, -0.15) is 18.2 Å². The molecule has 1 radical (unpaired) electrons. The van der Waals surface area contributed by atoms with Crippen molar-refractivity contribution in [3.8, 4) is 0 Å². The predicted octanol–water partition coefficient (Wildman–Crippen LogP) is 2.91. The van der Waals surface area contributed by atoms with Crippen molar-refractivity contribution in [3.63, 3.8) is 0 Å². The monoisotopic (exact) mass is 327 g/mol. The minimum atomic E-state index is 0. The van der Waals surface area contributed by atoms with E-state index in [1.807, 2.05) is 16.8 Å². The van der Waals surface area contributed by atoms with Gasteiger partial charge in [0.05, 0.1) is 19.3 Å². The van der Waals surface area contributed by atoms with Crippen LogP contribution in [-0.4, -0.2) is 18.6 Å². The number of hydrogen-bond donors (Lipinski definition) is 0. The van der Waals surface area contributed by atoms with Crippen molar-refractivity contribution in [1.82, 2.24) is 4.90 Å². The van der Waals surface area contributed by atoms with Gasteiger partial charge >= 0.3 is 19.5 Å². The first-order valence-electron chi connectivity index (χ1n) is 4.71. The van der Waals surface area contributed by atoms with Crippen molar-refractivity contribution in [2.24, 2.45) is 0 Å². The van der Waals surface area contributed by atoms with E-state index in [2.05, 4.69) is 15.8 Å². The van der Waals surface area contributed by atoms with Gasteiger partial charge in [-0.25, -0.2) is 0 Å². The molecule has 1 aliphatic rings. The third-order valence-electron chi connectivity index (χ3n) is 2.35. The van der Waals surface area contributed by atoms with Gasteiger partial charge < -0.3 is 22.1 Å². The first-order chi connectivity index (χ1) is 7.74. The Bertz CT molecular complexity index is 525. The third kappa shape index (κ3) is 3.09. The van der Waals surface area contributed by atoms with Gasteiger partial charge in [0.15, 0.2) is 0 Å². The van der Waals surface area contributed by atoms with Gasteiger partial charge in [-0.15, -0.1) is 6.07 Å². The SMILES string of the molecule is [C-]#[N+]C1=CN(c2[c-]ccc([N+]#[C-])c2)CN1C.[CH3-].[Rh+2]. The Labute approximate surface area is 121 Å². The summed E-state index contributed by atoms with van der Waals surface area (Å²) in [7, 11) is 1.86. The van der Waals surface area contributed by atoms with E-state index < -0.39 is 0 Å². The zero-order chi connectivity index (χ0) is 11.5. The van der Waals surface area contributed by atoms with E-state index in [9.17, 15) is 0 Å². The summed E-state index contributed by atoms with van der Waals surface area (Å²) < 4.78 is 0. The van der Waals surface area contributed by atoms with Crippen molar-refractivity contribution in [3.05, 3.63) is 66.5 Å². The topological polar surface area (TPSA) is 15.2 Å². The molecule has 0 amide bonds. The molecule has 1 aliphatic heterocycles. The van der Waals surface area contributed by atoms with Crippen LogP contribution in [0.25, 0.3) is 9.69 Å². The molecule has 93 valence electrons. The summed E-state index contributed by atoms with van der Waals surface area (Å²) in [6.45, 7) is 14.6. The van der Waals surface area contributed by atoms with Gasteiger partial charge in [0.2, 0.25) is 5.82 Å². The molecule has 0 N–H and O–H groups in total. The van der Waals surface area contributed by atoms with Crippen LogP contribution in [0.4, 0.5) is 11.4 Å². The molecule has 0 saturated carbocycles. The van der Waals surface area contributed by atoms with Gasteiger partial charge in [-0.05, 0) is 0 Å². The molecular formula is C13H12N4Rh. The number of nitrogens with zero attached hydrogens (tertiary/aromatic N) is 4. The molecule has 0 saturated heterocycles. The molecule has 0 aromatic heterocycles. The van der Waals surface area contributed by atoms with E-state index in [0.29, 0.717) is 18.2 Å². The zero-order valence-electron chi connectivity index (χ0n) is 10.1. The maximum atomic E-state index is 6.99. The Morgan fingerprint density at radius 3 is 2.61 bits per heavy atom. The molecule has 1 aromatic carbocycles. The second-order valence-electron chi connectivity index (χ2n) is 3.45. The van der Waals surface area contributed by atoms with Crippen LogP contribution in [0.1, 0.15) is 0 Å². The first-order valence-corrected chi connectivity index (χ1v) is 4.71. The first kappa shape index (κ1) is 16.2. The molecule has 1 aromatic rings. The maximum Gasteiger partial charge on any atom is 2.00 e. The van der Waals surface area contributed by atoms with Crippen LogP contribution in [0, 0.1) is 26.6 Å².